The van der Waals surface area contributed by atoms with Crippen LogP contribution in [0, 0.1) is 6.92 Å². The highest BCUT2D eigenvalue weighted by molar-refractivity contribution is 5.90. The summed E-state index contributed by atoms with van der Waals surface area (Å²) in [5.41, 5.74) is 0.172. The SMILES string of the molecule is COC(=O)c1cc(OC2(C)CNC2)oc1C. The molecule has 0 bridgehead atoms. The highest BCUT2D eigenvalue weighted by Crippen LogP contribution is 2.27. The van der Waals surface area contributed by atoms with Gasteiger partial charge >= 0.3 is 5.97 Å². The molecule has 0 aromatic carbocycles. The van der Waals surface area contributed by atoms with Gasteiger partial charge in [0.15, 0.2) is 0 Å². The van der Waals surface area contributed by atoms with E-state index in [0.29, 0.717) is 17.3 Å². The summed E-state index contributed by atoms with van der Waals surface area (Å²) in [5.74, 6) is 0.465. The molecular weight excluding hydrogens is 210 g/mol. The Labute approximate surface area is 93.7 Å². The topological polar surface area (TPSA) is 60.7 Å². The second-order valence-electron chi connectivity index (χ2n) is 4.18. The number of nitrogens with one attached hydrogen (secondary N) is 1. The normalized spacial score (nSPS) is 17.7. The summed E-state index contributed by atoms with van der Waals surface area (Å²) in [6, 6.07) is 1.57. The Hall–Kier alpha value is -1.49. The average Bonchev–Trinajstić information content (AvgIpc) is 2.56. The van der Waals surface area contributed by atoms with Gasteiger partial charge in [-0.25, -0.2) is 4.79 Å². The van der Waals surface area contributed by atoms with E-state index in [9.17, 15) is 4.79 Å². The molecule has 1 saturated heterocycles. The quantitative estimate of drug-likeness (QED) is 0.781. The number of carbonyl (C=O) groups is 1. The van der Waals surface area contributed by atoms with Crippen LogP contribution in [-0.4, -0.2) is 31.8 Å². The zero-order chi connectivity index (χ0) is 11.8. The van der Waals surface area contributed by atoms with Gasteiger partial charge in [-0.05, 0) is 13.8 Å². The highest BCUT2D eigenvalue weighted by Gasteiger charge is 2.35. The molecule has 1 aliphatic rings. The van der Waals surface area contributed by atoms with Crippen LogP contribution in [0.25, 0.3) is 0 Å². The van der Waals surface area contributed by atoms with E-state index in [1.54, 1.807) is 13.0 Å². The molecular formula is C11H15NO4. The monoisotopic (exact) mass is 225 g/mol. The van der Waals surface area contributed by atoms with Gasteiger partial charge in [0.25, 0.3) is 5.95 Å². The van der Waals surface area contributed by atoms with Crippen LogP contribution < -0.4 is 10.1 Å². The molecule has 0 spiro atoms. The standard InChI is InChI=1S/C11H15NO4/c1-7-8(10(13)14-3)4-9(15-7)16-11(2)5-12-6-11/h4,12H,5-6H2,1-3H3. The average molecular weight is 225 g/mol. The maximum Gasteiger partial charge on any atom is 0.341 e. The number of aryl methyl sites for hydroxylation is 1. The lowest BCUT2D eigenvalue weighted by molar-refractivity contribution is 0.0126. The first-order valence-corrected chi connectivity index (χ1v) is 5.12. The number of ether oxygens (including phenoxy) is 2. The van der Waals surface area contributed by atoms with Crippen LogP contribution in [0.4, 0.5) is 0 Å². The van der Waals surface area contributed by atoms with Gasteiger partial charge in [0.05, 0.1) is 7.11 Å². The largest absolute Gasteiger partial charge is 0.465 e. The summed E-state index contributed by atoms with van der Waals surface area (Å²) in [6.45, 7) is 5.25. The molecule has 16 heavy (non-hydrogen) atoms. The molecule has 2 heterocycles. The van der Waals surface area contributed by atoms with Crippen LogP contribution >= 0.6 is 0 Å². The second-order valence-corrected chi connectivity index (χ2v) is 4.18. The second kappa shape index (κ2) is 3.83. The smallest absolute Gasteiger partial charge is 0.341 e. The minimum absolute atomic E-state index is 0.238. The molecule has 1 aromatic rings. The predicted octanol–water partition coefficient (Wildman–Crippen LogP) is 1.12. The molecule has 5 heteroatoms. The zero-order valence-electron chi connectivity index (χ0n) is 9.62. The van der Waals surface area contributed by atoms with Crippen molar-refractivity contribution in [2.24, 2.45) is 0 Å². The first-order chi connectivity index (χ1) is 7.54. The molecule has 88 valence electrons. The van der Waals surface area contributed by atoms with E-state index in [0.717, 1.165) is 13.1 Å². The fourth-order valence-electron chi connectivity index (χ4n) is 1.61. The molecule has 0 amide bonds. The summed E-state index contributed by atoms with van der Waals surface area (Å²) in [4.78, 5) is 11.3. The third kappa shape index (κ3) is 1.90. The van der Waals surface area contributed by atoms with Crippen molar-refractivity contribution in [3.63, 3.8) is 0 Å². The van der Waals surface area contributed by atoms with Crippen molar-refractivity contribution in [1.82, 2.24) is 5.32 Å². The molecule has 5 nitrogen and oxygen atoms in total. The lowest BCUT2D eigenvalue weighted by atomic mass is 10.0. The summed E-state index contributed by atoms with van der Waals surface area (Å²) in [6.07, 6.45) is 0. The molecule has 0 aliphatic carbocycles. The predicted molar refractivity (Wildman–Crippen MR) is 56.7 cm³/mol. The van der Waals surface area contributed by atoms with E-state index < -0.39 is 5.97 Å². The molecule has 1 aromatic heterocycles. The van der Waals surface area contributed by atoms with Crippen molar-refractivity contribution < 1.29 is 18.7 Å². The molecule has 2 rings (SSSR count). The van der Waals surface area contributed by atoms with E-state index in [1.165, 1.54) is 7.11 Å². The van der Waals surface area contributed by atoms with E-state index in [-0.39, 0.29) is 5.60 Å². The van der Waals surface area contributed by atoms with Crippen molar-refractivity contribution in [1.29, 1.82) is 0 Å². The molecule has 1 N–H and O–H groups in total. The molecule has 0 saturated carbocycles. The summed E-state index contributed by atoms with van der Waals surface area (Å²) >= 11 is 0. The lowest BCUT2D eigenvalue weighted by Crippen LogP contribution is -2.60. The van der Waals surface area contributed by atoms with Gasteiger partial charge in [-0.1, -0.05) is 0 Å². The molecule has 1 aliphatic heterocycles. The van der Waals surface area contributed by atoms with Crippen LogP contribution in [0.2, 0.25) is 0 Å². The summed E-state index contributed by atoms with van der Waals surface area (Å²) in [5, 5.41) is 3.12. The Morgan fingerprint density at radius 2 is 2.25 bits per heavy atom. The Morgan fingerprint density at radius 3 is 2.75 bits per heavy atom. The van der Waals surface area contributed by atoms with Gasteiger partial charge in [0, 0.05) is 19.2 Å². The number of esters is 1. The molecule has 0 unspecified atom stereocenters. The van der Waals surface area contributed by atoms with Crippen molar-refractivity contribution in [3.8, 4) is 5.95 Å². The van der Waals surface area contributed by atoms with Crippen molar-refractivity contribution in [2.75, 3.05) is 20.2 Å². The van der Waals surface area contributed by atoms with Crippen LogP contribution in [0.5, 0.6) is 5.95 Å². The van der Waals surface area contributed by atoms with Gasteiger partial charge in [0.2, 0.25) is 0 Å². The zero-order valence-corrected chi connectivity index (χ0v) is 9.62. The number of rotatable bonds is 3. The number of hydrogen-bond donors (Lipinski definition) is 1. The van der Waals surface area contributed by atoms with E-state index in [4.69, 9.17) is 9.15 Å². The van der Waals surface area contributed by atoms with Crippen molar-refractivity contribution in [3.05, 3.63) is 17.4 Å². The summed E-state index contributed by atoms with van der Waals surface area (Å²) < 4.78 is 15.6. The van der Waals surface area contributed by atoms with Gasteiger partial charge in [0.1, 0.15) is 16.9 Å². The van der Waals surface area contributed by atoms with Gasteiger partial charge in [-0.15, -0.1) is 0 Å². The number of carbonyl (C=O) groups excluding carboxylic acids is 1. The van der Waals surface area contributed by atoms with Gasteiger partial charge in [-0.3, -0.25) is 0 Å². The van der Waals surface area contributed by atoms with E-state index in [1.807, 2.05) is 6.92 Å². The molecule has 0 atom stereocenters. The Bertz CT molecular complexity index is 406. The molecule has 0 radical (unpaired) electrons. The minimum atomic E-state index is -0.409. The van der Waals surface area contributed by atoms with Crippen molar-refractivity contribution >= 4 is 5.97 Å². The van der Waals surface area contributed by atoms with Crippen LogP contribution in [-0.2, 0) is 4.74 Å². The van der Waals surface area contributed by atoms with Crippen LogP contribution in [0.1, 0.15) is 23.0 Å². The van der Waals surface area contributed by atoms with Crippen LogP contribution in [0.3, 0.4) is 0 Å². The maximum absolute atomic E-state index is 11.3. The fraction of sp³-hybridized carbons (Fsp3) is 0.545. The Kier molecular flexibility index (Phi) is 2.63. The van der Waals surface area contributed by atoms with E-state index >= 15 is 0 Å². The fourth-order valence-corrected chi connectivity index (χ4v) is 1.61. The highest BCUT2D eigenvalue weighted by atomic mass is 16.6. The summed E-state index contributed by atoms with van der Waals surface area (Å²) in [7, 11) is 1.34. The first kappa shape index (κ1) is 11.0. The maximum atomic E-state index is 11.3. The van der Waals surface area contributed by atoms with Crippen molar-refractivity contribution in [2.45, 2.75) is 19.4 Å². The first-order valence-electron chi connectivity index (χ1n) is 5.12. The van der Waals surface area contributed by atoms with E-state index in [2.05, 4.69) is 10.1 Å². The van der Waals surface area contributed by atoms with Crippen LogP contribution in [0.15, 0.2) is 10.5 Å². The lowest BCUT2D eigenvalue weighted by Gasteiger charge is -2.38. The Morgan fingerprint density at radius 1 is 1.56 bits per heavy atom. The minimum Gasteiger partial charge on any atom is -0.465 e. The number of furan rings is 1. The van der Waals surface area contributed by atoms with Gasteiger partial charge in [-0.2, -0.15) is 0 Å². The van der Waals surface area contributed by atoms with Gasteiger partial charge < -0.3 is 19.2 Å². The number of hydrogen-bond acceptors (Lipinski definition) is 5. The molecule has 1 fully saturated rings. The Balaban J connectivity index is 2.14. The third-order valence-electron chi connectivity index (χ3n) is 2.65. The number of methoxy groups -OCH3 is 1. The third-order valence-corrected chi connectivity index (χ3v) is 2.65.